The maximum atomic E-state index is 12.1. The third-order valence-corrected chi connectivity index (χ3v) is 3.85. The van der Waals surface area contributed by atoms with E-state index >= 15 is 0 Å². The van der Waals surface area contributed by atoms with Gasteiger partial charge in [0, 0.05) is 13.7 Å². The number of nitrogens with one attached hydrogen (secondary N) is 1. The summed E-state index contributed by atoms with van der Waals surface area (Å²) >= 11 is 3.31. The molecule has 0 aromatic carbocycles. The summed E-state index contributed by atoms with van der Waals surface area (Å²) in [6.07, 6.45) is 1.56. The summed E-state index contributed by atoms with van der Waals surface area (Å²) in [5.41, 5.74) is 0.447. The van der Waals surface area contributed by atoms with Crippen molar-refractivity contribution in [3.8, 4) is 0 Å². The van der Waals surface area contributed by atoms with Gasteiger partial charge in [0.15, 0.2) is 5.79 Å². The summed E-state index contributed by atoms with van der Waals surface area (Å²) in [4.78, 5) is 12.1. The number of ether oxygens (including phenoxy) is 3. The Balaban J connectivity index is 1.98. The molecule has 0 aliphatic carbocycles. The van der Waals surface area contributed by atoms with Gasteiger partial charge in [-0.25, -0.2) is 4.68 Å². The lowest BCUT2D eigenvalue weighted by molar-refractivity contribution is -0.136. The van der Waals surface area contributed by atoms with Crippen LogP contribution in [0.5, 0.6) is 0 Å². The zero-order valence-electron chi connectivity index (χ0n) is 12.4. The highest BCUT2D eigenvalue weighted by molar-refractivity contribution is 9.10. The van der Waals surface area contributed by atoms with Crippen LogP contribution in [0.2, 0.25) is 0 Å². The summed E-state index contributed by atoms with van der Waals surface area (Å²) in [6, 6.07) is 0. The van der Waals surface area contributed by atoms with Crippen LogP contribution in [0.3, 0.4) is 0 Å². The Labute approximate surface area is 131 Å². The van der Waals surface area contributed by atoms with Crippen molar-refractivity contribution in [3.63, 3.8) is 0 Å². The van der Waals surface area contributed by atoms with E-state index in [0.717, 1.165) is 0 Å². The molecule has 8 heteroatoms. The monoisotopic (exact) mass is 361 g/mol. The molecule has 0 saturated carbocycles. The van der Waals surface area contributed by atoms with Gasteiger partial charge in [0.2, 0.25) is 0 Å². The van der Waals surface area contributed by atoms with Gasteiger partial charge in [-0.2, -0.15) is 5.10 Å². The second kappa shape index (κ2) is 6.87. The first-order valence-electron chi connectivity index (χ1n) is 6.73. The minimum absolute atomic E-state index is 0.0529. The lowest BCUT2D eigenvalue weighted by Gasteiger charge is -2.17. The van der Waals surface area contributed by atoms with Gasteiger partial charge in [0.25, 0.3) is 5.56 Å². The highest BCUT2D eigenvalue weighted by Gasteiger charge is 2.32. The zero-order valence-corrected chi connectivity index (χ0v) is 14.0. The predicted octanol–water partition coefficient (Wildman–Crippen LogP) is 1.22. The number of nitrogens with zero attached hydrogens (tertiary/aromatic N) is 2. The SMILES string of the molecule is COCCn1ncc(NCC2COC(C)(C)O2)c(Br)c1=O. The van der Waals surface area contributed by atoms with Crippen molar-refractivity contribution in [2.45, 2.75) is 32.3 Å². The second-order valence-electron chi connectivity index (χ2n) is 5.22. The molecule has 1 unspecified atom stereocenters. The summed E-state index contributed by atoms with van der Waals surface area (Å²) in [7, 11) is 1.58. The van der Waals surface area contributed by atoms with Crippen LogP contribution in [0.25, 0.3) is 0 Å². The molecule has 0 spiro atoms. The van der Waals surface area contributed by atoms with Crippen LogP contribution in [-0.4, -0.2) is 48.5 Å². The quantitative estimate of drug-likeness (QED) is 0.820. The Hall–Kier alpha value is -0.960. The number of aromatic nitrogens is 2. The van der Waals surface area contributed by atoms with Crippen LogP contribution in [0, 0.1) is 0 Å². The second-order valence-corrected chi connectivity index (χ2v) is 6.02. The molecule has 1 fully saturated rings. The fourth-order valence-electron chi connectivity index (χ4n) is 2.01. The van der Waals surface area contributed by atoms with Crippen molar-refractivity contribution in [2.75, 3.05) is 32.2 Å². The van der Waals surface area contributed by atoms with Crippen molar-refractivity contribution < 1.29 is 14.2 Å². The molecule has 2 heterocycles. The Morgan fingerprint density at radius 1 is 1.62 bits per heavy atom. The van der Waals surface area contributed by atoms with Crippen molar-refractivity contribution in [1.29, 1.82) is 0 Å². The molecule has 2 rings (SSSR count). The fourth-order valence-corrected chi connectivity index (χ4v) is 2.46. The smallest absolute Gasteiger partial charge is 0.283 e. The molecular weight excluding hydrogens is 342 g/mol. The lowest BCUT2D eigenvalue weighted by Crippen LogP contribution is -2.29. The molecule has 1 aliphatic rings. The molecule has 0 amide bonds. The first-order valence-corrected chi connectivity index (χ1v) is 7.52. The molecule has 0 radical (unpaired) electrons. The molecule has 21 heavy (non-hydrogen) atoms. The van der Waals surface area contributed by atoms with Gasteiger partial charge >= 0.3 is 0 Å². The normalized spacial score (nSPS) is 20.7. The van der Waals surface area contributed by atoms with E-state index in [1.807, 2.05) is 13.8 Å². The van der Waals surface area contributed by atoms with E-state index in [1.54, 1.807) is 13.3 Å². The molecule has 1 atom stereocenters. The fraction of sp³-hybridized carbons (Fsp3) is 0.692. The number of methoxy groups -OCH3 is 1. The van der Waals surface area contributed by atoms with Gasteiger partial charge in [-0.05, 0) is 29.8 Å². The van der Waals surface area contributed by atoms with Crippen LogP contribution < -0.4 is 10.9 Å². The lowest BCUT2D eigenvalue weighted by atomic mass is 10.3. The molecular formula is C13H20BrN3O4. The minimum atomic E-state index is -0.550. The Bertz CT molecular complexity index is 547. The third kappa shape index (κ3) is 4.26. The van der Waals surface area contributed by atoms with E-state index < -0.39 is 5.79 Å². The first-order chi connectivity index (χ1) is 9.93. The Kier molecular flexibility index (Phi) is 5.37. The molecule has 118 valence electrons. The summed E-state index contributed by atoms with van der Waals surface area (Å²) in [5, 5.41) is 7.27. The van der Waals surface area contributed by atoms with Crippen LogP contribution in [0.4, 0.5) is 5.69 Å². The van der Waals surface area contributed by atoms with Gasteiger partial charge in [-0.3, -0.25) is 4.79 Å². The van der Waals surface area contributed by atoms with Crippen molar-refractivity contribution >= 4 is 21.6 Å². The van der Waals surface area contributed by atoms with Crippen molar-refractivity contribution in [1.82, 2.24) is 9.78 Å². The van der Waals surface area contributed by atoms with Crippen molar-refractivity contribution in [2.24, 2.45) is 0 Å². The maximum absolute atomic E-state index is 12.1. The zero-order chi connectivity index (χ0) is 15.5. The Morgan fingerprint density at radius 2 is 2.38 bits per heavy atom. The number of anilines is 1. The highest BCUT2D eigenvalue weighted by atomic mass is 79.9. The summed E-state index contributed by atoms with van der Waals surface area (Å²) in [6.45, 7) is 5.68. The average molecular weight is 362 g/mol. The predicted molar refractivity (Wildman–Crippen MR) is 81.5 cm³/mol. The van der Waals surface area contributed by atoms with Crippen LogP contribution in [0.15, 0.2) is 15.5 Å². The summed E-state index contributed by atoms with van der Waals surface area (Å²) < 4.78 is 17.9. The molecule has 7 nitrogen and oxygen atoms in total. The highest BCUT2D eigenvalue weighted by Crippen LogP contribution is 2.23. The average Bonchev–Trinajstić information content (AvgIpc) is 2.79. The minimum Gasteiger partial charge on any atom is -0.383 e. The molecule has 1 aliphatic heterocycles. The van der Waals surface area contributed by atoms with E-state index in [1.165, 1.54) is 4.68 Å². The summed E-state index contributed by atoms with van der Waals surface area (Å²) in [5.74, 6) is -0.550. The van der Waals surface area contributed by atoms with E-state index in [2.05, 4.69) is 26.3 Å². The van der Waals surface area contributed by atoms with Crippen LogP contribution in [0.1, 0.15) is 13.8 Å². The van der Waals surface area contributed by atoms with Gasteiger partial charge in [-0.15, -0.1) is 0 Å². The number of hydrogen-bond donors (Lipinski definition) is 1. The largest absolute Gasteiger partial charge is 0.383 e. The van der Waals surface area contributed by atoms with Gasteiger partial charge in [-0.1, -0.05) is 0 Å². The number of hydrogen-bond acceptors (Lipinski definition) is 6. The third-order valence-electron chi connectivity index (χ3n) is 3.08. The van der Waals surface area contributed by atoms with Gasteiger partial charge < -0.3 is 19.5 Å². The topological polar surface area (TPSA) is 74.6 Å². The standard InChI is InChI=1S/C13H20BrN3O4/c1-13(2)20-8-9(21-13)6-15-10-7-16-17(4-5-19-3)12(18)11(10)14/h7,9,15H,4-6,8H2,1-3H3. The van der Waals surface area contributed by atoms with Gasteiger partial charge in [0.05, 0.1) is 31.6 Å². The molecule has 1 N–H and O–H groups in total. The number of halogens is 1. The van der Waals surface area contributed by atoms with E-state index in [0.29, 0.717) is 36.5 Å². The maximum Gasteiger partial charge on any atom is 0.283 e. The molecule has 1 aromatic rings. The van der Waals surface area contributed by atoms with E-state index in [9.17, 15) is 4.79 Å². The van der Waals surface area contributed by atoms with E-state index in [-0.39, 0.29) is 11.7 Å². The number of rotatable bonds is 6. The van der Waals surface area contributed by atoms with Crippen LogP contribution >= 0.6 is 15.9 Å². The molecule has 1 aromatic heterocycles. The first kappa shape index (κ1) is 16.4. The molecule has 0 bridgehead atoms. The van der Waals surface area contributed by atoms with Crippen molar-refractivity contribution in [3.05, 3.63) is 21.0 Å². The van der Waals surface area contributed by atoms with Crippen LogP contribution in [-0.2, 0) is 20.8 Å². The Morgan fingerprint density at radius 3 is 3.00 bits per heavy atom. The van der Waals surface area contributed by atoms with Gasteiger partial charge in [0.1, 0.15) is 10.6 Å². The van der Waals surface area contributed by atoms with E-state index in [4.69, 9.17) is 14.2 Å². The molecule has 1 saturated heterocycles.